The van der Waals surface area contributed by atoms with Crippen LogP contribution in [0.15, 0.2) is 153 Å². The van der Waals surface area contributed by atoms with E-state index in [1.807, 2.05) is 83.2 Å². The molecule has 0 spiro atoms. The molecular weight excluding hydrogens is 1260 g/mol. The molecule has 0 saturated heterocycles. The van der Waals surface area contributed by atoms with Gasteiger partial charge in [0.1, 0.15) is 23.6 Å². The van der Waals surface area contributed by atoms with Crippen LogP contribution in [0.5, 0.6) is 51.7 Å². The lowest BCUT2D eigenvalue weighted by Crippen LogP contribution is -2.22. The molecule has 6 aromatic carbocycles. The second-order valence-electron chi connectivity index (χ2n) is 22.6. The molecule has 8 aromatic rings. The standard InChI is InChI=1S/C27H27NO5.C22H22O5.C12H11FO2.C11H12O5.C5H7NO/c1-16-7-8-20-21(11-18-12-24(31-3)27(30)25(13-18)32-4)17(2)22(23(20)10-16)14-26(29)28-15-19-6-5-9-33-19;1-12-5-6-15-16(13(2)17(11-21(23)24)18(15)7-12)8-14-9-19(26-3)22(25)20(10-14)27-4;1-7-4-8-2-3-9(13)5-11(8)10(7)6-12(14)15;1-7(13)16-11-9(14-2)4-8(6-12)5-10(11)15-3;6-4-5-2-1-3-7-5/h5-13,30H,14-15H2,1-4H3,(H,28,29);5-10,25H,11H2,1-4H3,(H,23,24);2-3,5H,4,6H2,1H3,(H,14,15);4-6H,1-3H3;1-3H,4,6H2/b21-11-;16-8-;;;. The van der Waals surface area contributed by atoms with Crippen LogP contribution in [0.1, 0.15) is 124 Å². The lowest BCUT2D eigenvalue weighted by Gasteiger charge is -2.12. The largest absolute Gasteiger partial charge is 0.502 e. The van der Waals surface area contributed by atoms with E-state index in [9.17, 15) is 43.7 Å². The number of aromatic hydroxyl groups is 2. The first-order valence-corrected chi connectivity index (χ1v) is 30.7. The fraction of sp³-hybridized carbons (Fsp3) is 0.234. The second kappa shape index (κ2) is 34.2. The Hall–Kier alpha value is -11.6. The van der Waals surface area contributed by atoms with E-state index in [0.717, 1.165) is 112 Å². The van der Waals surface area contributed by atoms with E-state index >= 15 is 0 Å². The minimum Gasteiger partial charge on any atom is -0.502 e. The summed E-state index contributed by atoms with van der Waals surface area (Å²) in [5.74, 6) is 0.881. The molecule has 1 amide bonds. The number of fused-ring (bicyclic) bond motifs is 3. The Labute approximate surface area is 567 Å². The van der Waals surface area contributed by atoms with Crippen LogP contribution < -0.4 is 44.2 Å². The number of nitrogens with one attached hydrogen (secondary N) is 1. The number of methoxy groups -OCH3 is 6. The number of carboxylic acids is 2. The lowest BCUT2D eigenvalue weighted by molar-refractivity contribution is -0.136. The number of halogens is 1. The first kappa shape index (κ1) is 73.8. The van der Waals surface area contributed by atoms with Gasteiger partial charge in [-0.3, -0.25) is 24.0 Å². The molecule has 11 rings (SSSR count). The SMILES string of the molecule is CC1=C(CC(=O)O)c2cc(F)ccc2C1.COc1cc(/C=C2/C(C)=C(CC(=O)NCc3ccco3)c3cc(C)ccc32)cc(OC)c1O.COc1cc(/C=C2/C(C)=C(CC(=O)O)c3cc(C)ccc32)cc(OC)c1O.COc1cc(C=O)cc(OC)c1OC(C)=O.NCc1ccco1. The number of aryl methyl sites for hydroxylation is 2. The van der Waals surface area contributed by atoms with E-state index in [4.69, 9.17) is 52.8 Å². The minimum absolute atomic E-state index is 0.0255. The molecule has 0 radical (unpaired) electrons. The molecule has 512 valence electrons. The molecule has 21 heteroatoms. The maximum Gasteiger partial charge on any atom is 0.308 e. The van der Waals surface area contributed by atoms with Crippen molar-refractivity contribution in [2.45, 2.75) is 80.3 Å². The van der Waals surface area contributed by atoms with Crippen molar-refractivity contribution in [3.63, 3.8) is 0 Å². The van der Waals surface area contributed by atoms with Gasteiger partial charge in [-0.1, -0.05) is 59.2 Å². The van der Waals surface area contributed by atoms with Crippen molar-refractivity contribution in [1.29, 1.82) is 0 Å². The number of nitrogens with two attached hydrogens (primary N) is 1. The maximum atomic E-state index is 13.0. The van der Waals surface area contributed by atoms with Crippen molar-refractivity contribution in [2.24, 2.45) is 5.73 Å². The number of aldehydes is 1. The van der Waals surface area contributed by atoms with Gasteiger partial charge in [-0.2, -0.15) is 0 Å². The molecule has 3 aliphatic rings. The summed E-state index contributed by atoms with van der Waals surface area (Å²) in [5, 5.41) is 41.4. The number of amides is 1. The van der Waals surface area contributed by atoms with E-state index in [0.29, 0.717) is 53.7 Å². The lowest BCUT2D eigenvalue weighted by atomic mass is 9.98. The quantitative estimate of drug-likeness (QED) is 0.0249. The smallest absolute Gasteiger partial charge is 0.308 e. The van der Waals surface area contributed by atoms with Gasteiger partial charge in [-0.25, -0.2) is 4.39 Å². The van der Waals surface area contributed by atoms with Crippen molar-refractivity contribution < 1.29 is 90.8 Å². The maximum absolute atomic E-state index is 13.0. The van der Waals surface area contributed by atoms with E-state index in [-0.39, 0.29) is 59.7 Å². The van der Waals surface area contributed by atoms with Crippen LogP contribution in [-0.4, -0.2) is 93.2 Å². The van der Waals surface area contributed by atoms with Gasteiger partial charge in [0.2, 0.25) is 23.2 Å². The van der Waals surface area contributed by atoms with Crippen molar-refractivity contribution >= 4 is 70.1 Å². The normalized spacial score (nSPS) is 13.0. The van der Waals surface area contributed by atoms with Gasteiger partial charge in [-0.15, -0.1) is 0 Å². The summed E-state index contributed by atoms with van der Waals surface area (Å²) in [4.78, 5) is 56.3. The zero-order chi connectivity index (χ0) is 71.5. The minimum atomic E-state index is -0.874. The predicted octanol–water partition coefficient (Wildman–Crippen LogP) is 14.7. The number of rotatable bonds is 19. The number of phenols is 2. The van der Waals surface area contributed by atoms with Gasteiger partial charge in [0.25, 0.3) is 0 Å². The van der Waals surface area contributed by atoms with Gasteiger partial charge < -0.3 is 73.5 Å². The highest BCUT2D eigenvalue weighted by Gasteiger charge is 2.28. The van der Waals surface area contributed by atoms with Gasteiger partial charge in [0, 0.05) is 12.5 Å². The summed E-state index contributed by atoms with van der Waals surface area (Å²) < 4.78 is 59.2. The van der Waals surface area contributed by atoms with Crippen LogP contribution in [0.3, 0.4) is 0 Å². The van der Waals surface area contributed by atoms with E-state index < -0.39 is 17.9 Å². The van der Waals surface area contributed by atoms with Gasteiger partial charge >= 0.3 is 17.9 Å². The zero-order valence-electron chi connectivity index (χ0n) is 56.6. The summed E-state index contributed by atoms with van der Waals surface area (Å²) in [6.45, 7) is 12.0. The molecular formula is C77H79FN2O18. The van der Waals surface area contributed by atoms with Gasteiger partial charge in [0.15, 0.2) is 34.5 Å². The number of phenolic OH excluding ortho intramolecular Hbond substituents is 2. The Morgan fingerprint density at radius 1 is 0.541 bits per heavy atom. The molecule has 0 bridgehead atoms. The number of aliphatic carboxylic acids is 2. The molecule has 20 nitrogen and oxygen atoms in total. The van der Waals surface area contributed by atoms with Crippen LogP contribution in [0.2, 0.25) is 0 Å². The molecule has 2 heterocycles. The highest BCUT2D eigenvalue weighted by molar-refractivity contribution is 6.09. The highest BCUT2D eigenvalue weighted by Crippen LogP contribution is 2.48. The molecule has 3 aliphatic carbocycles. The number of allylic oxidation sites excluding steroid dienone is 5. The summed E-state index contributed by atoms with van der Waals surface area (Å²) in [6, 6.07) is 34.1. The van der Waals surface area contributed by atoms with Crippen molar-refractivity contribution in [3.8, 4) is 51.7 Å². The number of furan rings is 2. The van der Waals surface area contributed by atoms with E-state index in [2.05, 4.69) is 23.5 Å². The predicted molar refractivity (Wildman–Crippen MR) is 371 cm³/mol. The van der Waals surface area contributed by atoms with Gasteiger partial charge in [-0.05, 0) is 210 Å². The number of esters is 1. The van der Waals surface area contributed by atoms with Crippen molar-refractivity contribution in [2.75, 3.05) is 42.7 Å². The van der Waals surface area contributed by atoms with Crippen LogP contribution in [0.25, 0.3) is 40.0 Å². The number of carboxylic acid groups (broad SMARTS) is 2. The number of carbonyl (C=O) groups excluding carboxylic acids is 3. The number of benzene rings is 6. The first-order chi connectivity index (χ1) is 46.9. The third-order valence-corrected chi connectivity index (χ3v) is 16.0. The van der Waals surface area contributed by atoms with Crippen LogP contribution >= 0.6 is 0 Å². The summed E-state index contributed by atoms with van der Waals surface area (Å²) in [5.41, 5.74) is 22.8. The average Bonchev–Trinajstić information content (AvgIpc) is 1.62. The molecule has 0 fully saturated rings. The number of hydrogen-bond donors (Lipinski definition) is 6. The molecule has 0 atom stereocenters. The van der Waals surface area contributed by atoms with Crippen molar-refractivity contribution in [1.82, 2.24) is 5.32 Å². The zero-order valence-corrected chi connectivity index (χ0v) is 56.6. The van der Waals surface area contributed by atoms with Crippen molar-refractivity contribution in [3.05, 3.63) is 223 Å². The number of ether oxygens (including phenoxy) is 7. The van der Waals surface area contributed by atoms with Gasteiger partial charge in [0.05, 0.1) is 87.5 Å². The Balaban J connectivity index is 0.000000186. The monoisotopic (exact) mass is 1340 g/mol. The third kappa shape index (κ3) is 18.5. The summed E-state index contributed by atoms with van der Waals surface area (Å²) in [6.07, 6.45) is 8.80. The fourth-order valence-electron chi connectivity index (χ4n) is 11.2. The number of carbonyl (C=O) groups is 5. The molecule has 2 aromatic heterocycles. The summed E-state index contributed by atoms with van der Waals surface area (Å²) in [7, 11) is 8.80. The van der Waals surface area contributed by atoms with E-state index in [1.165, 1.54) is 73.8 Å². The number of hydrogen-bond acceptors (Lipinski definition) is 17. The third-order valence-electron chi connectivity index (χ3n) is 16.0. The Morgan fingerprint density at radius 2 is 0.980 bits per heavy atom. The Bertz CT molecular complexity index is 4340. The topological polar surface area (TPSA) is 295 Å². The molecule has 98 heavy (non-hydrogen) atoms. The average molecular weight is 1340 g/mol. The second-order valence-corrected chi connectivity index (χ2v) is 22.6. The van der Waals surface area contributed by atoms with Crippen LogP contribution in [0.4, 0.5) is 4.39 Å². The molecule has 7 N–H and O–H groups in total. The molecule has 0 unspecified atom stereocenters. The highest BCUT2D eigenvalue weighted by atomic mass is 19.1. The fourth-order valence-corrected chi connectivity index (χ4v) is 11.2. The van der Waals surface area contributed by atoms with Crippen LogP contribution in [-0.2, 0) is 38.7 Å². The molecule has 0 aliphatic heterocycles. The first-order valence-electron chi connectivity index (χ1n) is 30.7. The Morgan fingerprint density at radius 3 is 1.38 bits per heavy atom. The Kier molecular flexibility index (Phi) is 25.8. The van der Waals surface area contributed by atoms with E-state index in [1.54, 1.807) is 48.9 Å². The molecule has 0 saturated carbocycles. The summed E-state index contributed by atoms with van der Waals surface area (Å²) >= 11 is 0. The van der Waals surface area contributed by atoms with Crippen LogP contribution in [0, 0.1) is 19.7 Å².